The van der Waals surface area contributed by atoms with E-state index in [9.17, 15) is 35.6 Å². The highest BCUT2D eigenvalue weighted by molar-refractivity contribution is 7.92. The summed E-state index contributed by atoms with van der Waals surface area (Å²) in [5.74, 6) is -1.93. The summed E-state index contributed by atoms with van der Waals surface area (Å²) < 4.78 is 78.6. The Morgan fingerprint density at radius 2 is 1.71 bits per heavy atom. The van der Waals surface area contributed by atoms with E-state index in [1.54, 1.807) is 6.92 Å². The van der Waals surface area contributed by atoms with Crippen molar-refractivity contribution in [2.45, 2.75) is 32.1 Å². The van der Waals surface area contributed by atoms with Crippen LogP contribution in [0.5, 0.6) is 0 Å². The van der Waals surface area contributed by atoms with Crippen LogP contribution < -0.4 is 9.62 Å². The normalized spacial score (nSPS) is 12.7. The Kier molecular flexibility index (Phi) is 9.12. The van der Waals surface area contributed by atoms with E-state index in [1.807, 2.05) is 0 Å². The zero-order valence-electron chi connectivity index (χ0n) is 19.1. The minimum atomic E-state index is -4.78. The smallest absolute Gasteiger partial charge is 0.357 e. The predicted octanol–water partition coefficient (Wildman–Crippen LogP) is 3.82. The summed E-state index contributed by atoms with van der Waals surface area (Å²) in [5, 5.41) is 2.10. The van der Waals surface area contributed by atoms with Crippen LogP contribution in [0.4, 0.5) is 23.2 Å². The van der Waals surface area contributed by atoms with Gasteiger partial charge in [-0.15, -0.1) is 0 Å². The monoisotopic (exact) mass is 537 g/mol. The number of halogens is 5. The molecule has 0 aliphatic carbocycles. The molecule has 0 heterocycles. The van der Waals surface area contributed by atoms with Crippen LogP contribution in [0.15, 0.2) is 42.5 Å². The Hall–Kier alpha value is -2.86. The van der Waals surface area contributed by atoms with E-state index in [0.717, 1.165) is 29.4 Å². The molecule has 35 heavy (non-hydrogen) atoms. The van der Waals surface area contributed by atoms with E-state index in [2.05, 4.69) is 5.32 Å². The minimum absolute atomic E-state index is 0.149. The van der Waals surface area contributed by atoms with Crippen molar-refractivity contribution in [3.8, 4) is 0 Å². The largest absolute Gasteiger partial charge is 0.416 e. The maximum absolute atomic E-state index is 13.4. The lowest BCUT2D eigenvalue weighted by Crippen LogP contribution is -2.51. The second-order valence-electron chi connectivity index (χ2n) is 7.62. The first kappa shape index (κ1) is 28.4. The maximum atomic E-state index is 13.4. The highest BCUT2D eigenvalue weighted by Gasteiger charge is 2.35. The Bertz CT molecular complexity index is 1170. The van der Waals surface area contributed by atoms with Crippen LogP contribution >= 0.6 is 11.6 Å². The number of alkyl halides is 3. The summed E-state index contributed by atoms with van der Waals surface area (Å²) in [4.78, 5) is 26.9. The third-order valence-electron chi connectivity index (χ3n) is 5.12. The number of carbonyl (C=O) groups excluding carboxylic acids is 2. The first-order valence-electron chi connectivity index (χ1n) is 10.3. The Morgan fingerprint density at radius 3 is 2.20 bits per heavy atom. The molecule has 0 saturated carbocycles. The van der Waals surface area contributed by atoms with Crippen molar-refractivity contribution < 1.29 is 35.6 Å². The van der Waals surface area contributed by atoms with Crippen molar-refractivity contribution in [3.63, 3.8) is 0 Å². The SMILES string of the molecule is CCC(C(=O)NC)N(Cc1ccc(F)cc1)C(=O)CN(c1cc(C(F)(F)F)ccc1Cl)S(C)(=O)=O. The maximum Gasteiger partial charge on any atom is 0.416 e. The number of benzene rings is 2. The van der Waals surface area contributed by atoms with Crippen molar-refractivity contribution in [2.24, 2.45) is 0 Å². The van der Waals surface area contributed by atoms with Crippen LogP contribution in [-0.2, 0) is 32.3 Å². The van der Waals surface area contributed by atoms with Gasteiger partial charge >= 0.3 is 6.18 Å². The number of likely N-dealkylation sites (N-methyl/N-ethyl adjacent to an activating group) is 1. The van der Waals surface area contributed by atoms with Crippen molar-refractivity contribution in [3.05, 3.63) is 64.4 Å². The van der Waals surface area contributed by atoms with E-state index in [1.165, 1.54) is 19.2 Å². The number of nitrogens with one attached hydrogen (secondary N) is 1. The predicted molar refractivity (Wildman–Crippen MR) is 124 cm³/mol. The van der Waals surface area contributed by atoms with Gasteiger partial charge < -0.3 is 10.2 Å². The molecular formula is C22H24ClF4N3O4S. The molecule has 0 spiro atoms. The van der Waals surface area contributed by atoms with Gasteiger partial charge in [0.15, 0.2) is 0 Å². The average molecular weight is 538 g/mol. The summed E-state index contributed by atoms with van der Waals surface area (Å²) >= 11 is 6.02. The fourth-order valence-corrected chi connectivity index (χ4v) is 4.47. The summed E-state index contributed by atoms with van der Waals surface area (Å²) in [5.41, 5.74) is -1.24. The summed E-state index contributed by atoms with van der Waals surface area (Å²) in [6, 6.07) is 6.18. The number of hydrogen-bond acceptors (Lipinski definition) is 4. The van der Waals surface area contributed by atoms with Gasteiger partial charge in [-0.05, 0) is 42.3 Å². The van der Waals surface area contributed by atoms with Crippen LogP contribution in [0.2, 0.25) is 5.02 Å². The molecule has 2 rings (SSSR count). The minimum Gasteiger partial charge on any atom is -0.357 e. The second kappa shape index (κ2) is 11.3. The molecular weight excluding hydrogens is 514 g/mol. The first-order chi connectivity index (χ1) is 16.2. The van der Waals surface area contributed by atoms with E-state index in [4.69, 9.17) is 11.6 Å². The molecule has 2 aromatic carbocycles. The number of amides is 2. The Morgan fingerprint density at radius 1 is 1.11 bits per heavy atom. The molecule has 2 aromatic rings. The van der Waals surface area contributed by atoms with E-state index >= 15 is 0 Å². The lowest BCUT2D eigenvalue weighted by atomic mass is 10.1. The van der Waals surface area contributed by atoms with Gasteiger partial charge in [-0.3, -0.25) is 13.9 Å². The molecule has 0 radical (unpaired) electrons. The van der Waals surface area contributed by atoms with Gasteiger partial charge in [-0.2, -0.15) is 13.2 Å². The molecule has 0 aromatic heterocycles. The molecule has 13 heteroatoms. The van der Waals surface area contributed by atoms with Crippen molar-refractivity contribution in [1.29, 1.82) is 0 Å². The molecule has 7 nitrogen and oxygen atoms in total. The number of sulfonamides is 1. The molecule has 0 fully saturated rings. The molecule has 1 N–H and O–H groups in total. The summed E-state index contributed by atoms with van der Waals surface area (Å²) in [6.07, 6.45) is -3.92. The molecule has 0 bridgehead atoms. The molecule has 0 saturated heterocycles. The number of carbonyl (C=O) groups is 2. The van der Waals surface area contributed by atoms with E-state index in [-0.39, 0.29) is 18.0 Å². The van der Waals surface area contributed by atoms with Crippen LogP contribution in [0.25, 0.3) is 0 Å². The number of nitrogens with zero attached hydrogens (tertiary/aromatic N) is 2. The van der Waals surface area contributed by atoms with Crippen molar-refractivity contribution >= 4 is 39.1 Å². The molecule has 0 aliphatic rings. The first-order valence-corrected chi connectivity index (χ1v) is 12.5. The molecule has 1 atom stereocenters. The zero-order chi connectivity index (χ0) is 26.6. The molecule has 2 amide bonds. The van der Waals surface area contributed by atoms with Gasteiger partial charge in [0.25, 0.3) is 0 Å². The Balaban J connectivity index is 2.52. The van der Waals surface area contributed by atoms with Crippen molar-refractivity contribution in [1.82, 2.24) is 10.2 Å². The van der Waals surface area contributed by atoms with Gasteiger partial charge in [0.1, 0.15) is 18.4 Å². The summed E-state index contributed by atoms with van der Waals surface area (Å²) in [6.45, 7) is 0.524. The third kappa shape index (κ3) is 7.31. The van der Waals surface area contributed by atoms with Crippen LogP contribution in [0, 0.1) is 5.82 Å². The van der Waals surface area contributed by atoms with Gasteiger partial charge in [0.05, 0.1) is 22.5 Å². The number of anilines is 1. The van der Waals surface area contributed by atoms with Crippen molar-refractivity contribution in [2.75, 3.05) is 24.2 Å². The fraction of sp³-hybridized carbons (Fsp3) is 0.364. The average Bonchev–Trinajstić information content (AvgIpc) is 2.77. The zero-order valence-corrected chi connectivity index (χ0v) is 20.6. The lowest BCUT2D eigenvalue weighted by molar-refractivity contribution is -0.140. The third-order valence-corrected chi connectivity index (χ3v) is 6.57. The standard InChI is InChI=1S/C22H24ClF4N3O4S/c1-4-18(21(32)28-2)29(12-14-5-8-16(24)9-6-14)20(31)13-30(35(3,33)34)19-11-15(22(25,26)27)7-10-17(19)23/h5-11,18H,4,12-13H2,1-3H3,(H,28,32). The van der Waals surface area contributed by atoms with Gasteiger partial charge in [-0.1, -0.05) is 30.7 Å². The van der Waals surface area contributed by atoms with Gasteiger partial charge in [0, 0.05) is 13.6 Å². The van der Waals surface area contributed by atoms with Crippen LogP contribution in [0.3, 0.4) is 0 Å². The molecule has 0 aliphatic heterocycles. The highest BCUT2D eigenvalue weighted by atomic mass is 35.5. The van der Waals surface area contributed by atoms with E-state index < -0.39 is 57.7 Å². The number of hydrogen-bond donors (Lipinski definition) is 1. The quantitative estimate of drug-likeness (QED) is 0.493. The Labute approximate surface area is 205 Å². The molecule has 192 valence electrons. The summed E-state index contributed by atoms with van der Waals surface area (Å²) in [7, 11) is -2.93. The lowest BCUT2D eigenvalue weighted by Gasteiger charge is -2.32. The second-order valence-corrected chi connectivity index (χ2v) is 9.93. The van der Waals surface area contributed by atoms with Gasteiger partial charge in [0.2, 0.25) is 21.8 Å². The molecule has 1 unspecified atom stereocenters. The highest BCUT2D eigenvalue weighted by Crippen LogP contribution is 2.36. The van der Waals surface area contributed by atoms with Crippen LogP contribution in [0.1, 0.15) is 24.5 Å². The fourth-order valence-electron chi connectivity index (χ4n) is 3.35. The topological polar surface area (TPSA) is 86.8 Å². The van der Waals surface area contributed by atoms with E-state index in [0.29, 0.717) is 22.0 Å². The number of rotatable bonds is 9. The van der Waals surface area contributed by atoms with Gasteiger partial charge in [-0.25, -0.2) is 12.8 Å². The van der Waals surface area contributed by atoms with Crippen LogP contribution in [-0.4, -0.2) is 51.0 Å².